The molecule has 1 aliphatic carbocycles. The Morgan fingerprint density at radius 1 is 1.38 bits per heavy atom. The topological polar surface area (TPSA) is 78.1 Å². The summed E-state index contributed by atoms with van der Waals surface area (Å²) in [5.74, 6) is -1.18. The standard InChI is InChI=1S/C15H14FN3O2/c1-21-15(20)9-3-2-8(6-11(9)16)13-14(10-7-12(10)17)19-5-4-18-13/h2-6,10,12H,7,17H2,1H3. The van der Waals surface area contributed by atoms with Crippen LogP contribution in [0, 0.1) is 5.82 Å². The molecular formula is C15H14FN3O2. The number of nitrogens with zero attached hydrogens (tertiary/aromatic N) is 2. The van der Waals surface area contributed by atoms with Crippen LogP contribution in [-0.2, 0) is 4.74 Å². The fourth-order valence-corrected chi connectivity index (χ4v) is 2.31. The molecule has 1 saturated carbocycles. The Bertz CT molecular complexity index is 705. The molecule has 5 nitrogen and oxygen atoms in total. The van der Waals surface area contributed by atoms with Gasteiger partial charge in [0.05, 0.1) is 24.1 Å². The lowest BCUT2D eigenvalue weighted by Crippen LogP contribution is -2.06. The SMILES string of the molecule is COC(=O)c1ccc(-c2nccnc2C2CC2N)cc1F. The molecule has 6 heteroatoms. The predicted octanol–water partition coefficient (Wildman–Crippen LogP) is 1.88. The molecule has 1 heterocycles. The molecule has 2 N–H and O–H groups in total. The fourth-order valence-electron chi connectivity index (χ4n) is 2.31. The third-order valence-corrected chi connectivity index (χ3v) is 3.57. The molecular weight excluding hydrogens is 273 g/mol. The normalized spacial score (nSPS) is 20.1. The van der Waals surface area contributed by atoms with Gasteiger partial charge in [-0.15, -0.1) is 0 Å². The summed E-state index contributed by atoms with van der Waals surface area (Å²) in [5.41, 5.74) is 7.70. The molecule has 2 unspecified atom stereocenters. The molecule has 3 rings (SSSR count). The Morgan fingerprint density at radius 2 is 2.10 bits per heavy atom. The Balaban J connectivity index is 2.02. The third kappa shape index (κ3) is 2.50. The first-order valence-electron chi connectivity index (χ1n) is 6.56. The van der Waals surface area contributed by atoms with Crippen molar-refractivity contribution >= 4 is 5.97 Å². The molecule has 1 aromatic heterocycles. The molecule has 1 aliphatic rings. The number of benzene rings is 1. The zero-order valence-electron chi connectivity index (χ0n) is 11.4. The van der Waals surface area contributed by atoms with E-state index in [1.54, 1.807) is 18.5 Å². The van der Waals surface area contributed by atoms with E-state index in [-0.39, 0.29) is 17.5 Å². The number of methoxy groups -OCH3 is 1. The third-order valence-electron chi connectivity index (χ3n) is 3.57. The number of carbonyl (C=O) groups is 1. The number of aromatic nitrogens is 2. The second-order valence-electron chi connectivity index (χ2n) is 4.98. The van der Waals surface area contributed by atoms with Gasteiger partial charge in [0.1, 0.15) is 5.82 Å². The van der Waals surface area contributed by atoms with Gasteiger partial charge < -0.3 is 10.5 Å². The van der Waals surface area contributed by atoms with E-state index in [4.69, 9.17) is 5.73 Å². The van der Waals surface area contributed by atoms with Crippen LogP contribution in [0.1, 0.15) is 28.4 Å². The van der Waals surface area contributed by atoms with Crippen LogP contribution in [0.15, 0.2) is 30.6 Å². The smallest absolute Gasteiger partial charge is 0.340 e. The first-order valence-corrected chi connectivity index (χ1v) is 6.56. The molecule has 0 spiro atoms. The van der Waals surface area contributed by atoms with Crippen LogP contribution in [0.3, 0.4) is 0 Å². The highest BCUT2D eigenvalue weighted by atomic mass is 19.1. The first-order chi connectivity index (χ1) is 10.1. The van der Waals surface area contributed by atoms with Gasteiger partial charge in [0.15, 0.2) is 0 Å². The molecule has 0 saturated heterocycles. The summed E-state index contributed by atoms with van der Waals surface area (Å²) in [6, 6.07) is 4.38. The number of hydrogen-bond acceptors (Lipinski definition) is 5. The molecule has 1 fully saturated rings. The first kappa shape index (κ1) is 13.6. The Labute approximate surface area is 121 Å². The maximum Gasteiger partial charge on any atom is 0.340 e. The Hall–Kier alpha value is -2.34. The minimum Gasteiger partial charge on any atom is -0.465 e. The van der Waals surface area contributed by atoms with Crippen LogP contribution < -0.4 is 5.73 Å². The minimum atomic E-state index is -0.706. The Kier molecular flexibility index (Phi) is 3.39. The van der Waals surface area contributed by atoms with Crippen molar-refractivity contribution in [3.63, 3.8) is 0 Å². The molecule has 21 heavy (non-hydrogen) atoms. The van der Waals surface area contributed by atoms with Crippen LogP contribution in [0.4, 0.5) is 4.39 Å². The molecule has 0 radical (unpaired) electrons. The summed E-state index contributed by atoms with van der Waals surface area (Å²) in [4.78, 5) is 20.0. The van der Waals surface area contributed by atoms with Gasteiger partial charge in [0, 0.05) is 29.9 Å². The lowest BCUT2D eigenvalue weighted by molar-refractivity contribution is 0.0595. The van der Waals surface area contributed by atoms with Crippen molar-refractivity contribution in [3.8, 4) is 11.3 Å². The average Bonchev–Trinajstić information content (AvgIpc) is 3.23. The summed E-state index contributed by atoms with van der Waals surface area (Å²) in [7, 11) is 1.21. The van der Waals surface area contributed by atoms with E-state index in [1.807, 2.05) is 0 Å². The summed E-state index contributed by atoms with van der Waals surface area (Å²) in [5, 5.41) is 0. The van der Waals surface area contributed by atoms with Gasteiger partial charge in [-0.1, -0.05) is 6.07 Å². The zero-order chi connectivity index (χ0) is 15.0. The van der Waals surface area contributed by atoms with Gasteiger partial charge in [-0.25, -0.2) is 9.18 Å². The summed E-state index contributed by atoms with van der Waals surface area (Å²) in [6.45, 7) is 0. The van der Waals surface area contributed by atoms with Crippen LogP contribution >= 0.6 is 0 Å². The average molecular weight is 287 g/mol. The van der Waals surface area contributed by atoms with Gasteiger partial charge in [-0.05, 0) is 18.6 Å². The van der Waals surface area contributed by atoms with Crippen molar-refractivity contribution in [2.24, 2.45) is 5.73 Å². The Morgan fingerprint density at radius 3 is 2.71 bits per heavy atom. The highest BCUT2D eigenvalue weighted by Crippen LogP contribution is 2.41. The molecule has 0 bridgehead atoms. The van der Waals surface area contributed by atoms with E-state index in [1.165, 1.54) is 19.2 Å². The molecule has 2 atom stereocenters. The fraction of sp³-hybridized carbons (Fsp3) is 0.267. The molecule has 108 valence electrons. The van der Waals surface area contributed by atoms with Crippen molar-refractivity contribution in [2.75, 3.05) is 7.11 Å². The number of esters is 1. The summed E-state index contributed by atoms with van der Waals surface area (Å²) >= 11 is 0. The highest BCUT2D eigenvalue weighted by molar-refractivity contribution is 5.90. The van der Waals surface area contributed by atoms with Crippen LogP contribution in [0.25, 0.3) is 11.3 Å². The van der Waals surface area contributed by atoms with Gasteiger partial charge in [0.2, 0.25) is 0 Å². The van der Waals surface area contributed by atoms with E-state index >= 15 is 0 Å². The number of ether oxygens (including phenoxy) is 1. The van der Waals surface area contributed by atoms with Crippen LogP contribution in [0.5, 0.6) is 0 Å². The van der Waals surface area contributed by atoms with E-state index < -0.39 is 11.8 Å². The van der Waals surface area contributed by atoms with Crippen LogP contribution in [-0.4, -0.2) is 29.1 Å². The number of halogens is 1. The maximum atomic E-state index is 14.0. The molecule has 2 aromatic rings. The number of nitrogens with two attached hydrogens (primary N) is 1. The van der Waals surface area contributed by atoms with E-state index in [9.17, 15) is 9.18 Å². The predicted molar refractivity (Wildman–Crippen MR) is 74.1 cm³/mol. The van der Waals surface area contributed by atoms with Gasteiger partial charge in [-0.2, -0.15) is 0 Å². The van der Waals surface area contributed by atoms with Crippen molar-refractivity contribution < 1.29 is 13.9 Å². The van der Waals surface area contributed by atoms with Crippen molar-refractivity contribution in [3.05, 3.63) is 47.7 Å². The summed E-state index contributed by atoms with van der Waals surface area (Å²) in [6.07, 6.45) is 4.01. The highest BCUT2D eigenvalue weighted by Gasteiger charge is 2.38. The lowest BCUT2D eigenvalue weighted by atomic mass is 10.0. The van der Waals surface area contributed by atoms with E-state index in [0.717, 1.165) is 12.1 Å². The van der Waals surface area contributed by atoms with Crippen LogP contribution in [0.2, 0.25) is 0 Å². The van der Waals surface area contributed by atoms with E-state index in [2.05, 4.69) is 14.7 Å². The molecule has 0 amide bonds. The molecule has 0 aliphatic heterocycles. The second-order valence-corrected chi connectivity index (χ2v) is 4.98. The minimum absolute atomic E-state index is 0.0830. The number of rotatable bonds is 3. The van der Waals surface area contributed by atoms with Crippen molar-refractivity contribution in [1.82, 2.24) is 9.97 Å². The monoisotopic (exact) mass is 287 g/mol. The van der Waals surface area contributed by atoms with Gasteiger partial charge in [0.25, 0.3) is 0 Å². The molecule has 1 aromatic carbocycles. The summed E-state index contributed by atoms with van der Waals surface area (Å²) < 4.78 is 18.5. The second kappa shape index (κ2) is 5.21. The maximum absolute atomic E-state index is 14.0. The van der Waals surface area contributed by atoms with Gasteiger partial charge >= 0.3 is 5.97 Å². The van der Waals surface area contributed by atoms with Crippen molar-refractivity contribution in [2.45, 2.75) is 18.4 Å². The quantitative estimate of drug-likeness (QED) is 0.872. The van der Waals surface area contributed by atoms with Gasteiger partial charge in [-0.3, -0.25) is 9.97 Å². The number of carbonyl (C=O) groups excluding carboxylic acids is 1. The van der Waals surface area contributed by atoms with E-state index in [0.29, 0.717) is 11.3 Å². The lowest BCUT2D eigenvalue weighted by Gasteiger charge is -2.08. The van der Waals surface area contributed by atoms with Crippen molar-refractivity contribution in [1.29, 1.82) is 0 Å². The number of hydrogen-bond donors (Lipinski definition) is 1. The zero-order valence-corrected chi connectivity index (χ0v) is 11.4. The largest absolute Gasteiger partial charge is 0.465 e.